The first kappa shape index (κ1) is 12.9. The van der Waals surface area contributed by atoms with Crippen LogP contribution in [0.4, 0.5) is 4.39 Å². The fraction of sp³-hybridized carbons (Fsp3) is 0.200. The van der Waals surface area contributed by atoms with Crippen LogP contribution in [0, 0.1) is 5.82 Å². The zero-order valence-corrected chi connectivity index (χ0v) is 11.6. The van der Waals surface area contributed by atoms with Gasteiger partial charge in [0.05, 0.1) is 15.6 Å². The fourth-order valence-corrected chi connectivity index (χ4v) is 3.27. The largest absolute Gasteiger partial charge is 0.318 e. The molecule has 0 bridgehead atoms. The molecule has 1 unspecified atom stereocenters. The fourth-order valence-electron chi connectivity index (χ4n) is 2.80. The van der Waals surface area contributed by atoms with E-state index in [1.165, 1.54) is 6.07 Å². The van der Waals surface area contributed by atoms with Gasteiger partial charge in [-0.3, -0.25) is 0 Å². The van der Waals surface area contributed by atoms with Gasteiger partial charge in [0.1, 0.15) is 5.82 Å². The summed E-state index contributed by atoms with van der Waals surface area (Å²) >= 11 is 12.3. The van der Waals surface area contributed by atoms with E-state index >= 15 is 0 Å². The summed E-state index contributed by atoms with van der Waals surface area (Å²) in [5.41, 5.74) is 8.53. The zero-order valence-electron chi connectivity index (χ0n) is 10.1. The molecule has 1 nitrogen and oxygen atoms in total. The maximum atomic E-state index is 13.3. The number of nitrogens with two attached hydrogens (primary N) is 1. The Hall–Kier alpha value is -1.09. The van der Waals surface area contributed by atoms with Crippen LogP contribution in [0.15, 0.2) is 36.4 Å². The lowest BCUT2D eigenvalue weighted by atomic mass is 9.85. The average molecular weight is 296 g/mol. The van der Waals surface area contributed by atoms with Crippen LogP contribution in [0.1, 0.15) is 23.1 Å². The molecule has 0 saturated carbocycles. The van der Waals surface area contributed by atoms with Crippen molar-refractivity contribution in [1.29, 1.82) is 0 Å². The second kappa shape index (κ2) is 4.48. The van der Waals surface area contributed by atoms with Crippen molar-refractivity contribution in [1.82, 2.24) is 0 Å². The minimum atomic E-state index is -0.689. The van der Waals surface area contributed by atoms with Gasteiger partial charge in [-0.1, -0.05) is 41.4 Å². The highest BCUT2D eigenvalue weighted by molar-refractivity contribution is 6.42. The third kappa shape index (κ3) is 1.95. The summed E-state index contributed by atoms with van der Waals surface area (Å²) in [5, 5.41) is 0.961. The van der Waals surface area contributed by atoms with Crippen molar-refractivity contribution in [2.24, 2.45) is 5.73 Å². The van der Waals surface area contributed by atoms with Crippen molar-refractivity contribution < 1.29 is 4.39 Å². The summed E-state index contributed by atoms with van der Waals surface area (Å²) in [4.78, 5) is 0. The first-order chi connectivity index (χ1) is 9.02. The van der Waals surface area contributed by atoms with E-state index in [-0.39, 0.29) is 5.82 Å². The molecule has 19 heavy (non-hydrogen) atoms. The third-order valence-corrected chi connectivity index (χ3v) is 4.59. The van der Waals surface area contributed by atoms with Gasteiger partial charge in [0.25, 0.3) is 0 Å². The molecule has 0 heterocycles. The number of benzene rings is 2. The molecule has 4 heteroatoms. The van der Waals surface area contributed by atoms with Gasteiger partial charge in [-0.2, -0.15) is 0 Å². The Bertz CT molecular complexity index is 657. The second-order valence-electron chi connectivity index (χ2n) is 4.87. The molecule has 0 radical (unpaired) electrons. The van der Waals surface area contributed by atoms with Crippen molar-refractivity contribution in [3.05, 3.63) is 69.0 Å². The topological polar surface area (TPSA) is 26.0 Å². The molecule has 0 aliphatic heterocycles. The van der Waals surface area contributed by atoms with Gasteiger partial charge in [0, 0.05) is 0 Å². The summed E-state index contributed by atoms with van der Waals surface area (Å²) < 4.78 is 13.3. The minimum Gasteiger partial charge on any atom is -0.318 e. The van der Waals surface area contributed by atoms with Crippen LogP contribution in [0.2, 0.25) is 10.0 Å². The molecular weight excluding hydrogens is 284 g/mol. The maximum absolute atomic E-state index is 13.3. The number of aryl methyl sites for hydroxylation is 1. The predicted molar refractivity (Wildman–Crippen MR) is 76.2 cm³/mol. The summed E-state index contributed by atoms with van der Waals surface area (Å²) in [6.45, 7) is 0. The maximum Gasteiger partial charge on any atom is 0.123 e. The smallest absolute Gasteiger partial charge is 0.123 e. The lowest BCUT2D eigenvalue weighted by Crippen LogP contribution is -2.35. The van der Waals surface area contributed by atoms with Crippen LogP contribution < -0.4 is 5.73 Å². The molecule has 3 rings (SSSR count). The normalized spacial score (nSPS) is 21.5. The number of fused-ring (bicyclic) bond motifs is 1. The van der Waals surface area contributed by atoms with E-state index in [4.69, 9.17) is 28.9 Å². The van der Waals surface area contributed by atoms with E-state index in [9.17, 15) is 4.39 Å². The van der Waals surface area contributed by atoms with Crippen molar-refractivity contribution in [2.45, 2.75) is 18.4 Å². The van der Waals surface area contributed by atoms with Gasteiger partial charge >= 0.3 is 0 Å². The summed E-state index contributed by atoms with van der Waals surface area (Å²) in [7, 11) is 0. The molecule has 1 aliphatic carbocycles. The first-order valence-electron chi connectivity index (χ1n) is 6.04. The highest BCUT2D eigenvalue weighted by atomic mass is 35.5. The van der Waals surface area contributed by atoms with E-state index in [2.05, 4.69) is 0 Å². The quantitative estimate of drug-likeness (QED) is 0.835. The van der Waals surface area contributed by atoms with Gasteiger partial charge in [0.2, 0.25) is 0 Å². The van der Waals surface area contributed by atoms with Crippen LogP contribution in [-0.4, -0.2) is 0 Å². The molecule has 0 aromatic heterocycles. The monoisotopic (exact) mass is 295 g/mol. The van der Waals surface area contributed by atoms with Crippen LogP contribution in [0.3, 0.4) is 0 Å². The first-order valence-corrected chi connectivity index (χ1v) is 6.80. The van der Waals surface area contributed by atoms with E-state index in [1.807, 2.05) is 12.1 Å². The van der Waals surface area contributed by atoms with E-state index < -0.39 is 5.54 Å². The van der Waals surface area contributed by atoms with E-state index in [1.54, 1.807) is 18.2 Å². The highest BCUT2D eigenvalue weighted by Crippen LogP contribution is 2.44. The Labute approximate surface area is 121 Å². The van der Waals surface area contributed by atoms with Gasteiger partial charge in [-0.15, -0.1) is 0 Å². The van der Waals surface area contributed by atoms with Crippen LogP contribution in [-0.2, 0) is 12.0 Å². The molecule has 2 N–H and O–H groups in total. The van der Waals surface area contributed by atoms with Crippen LogP contribution >= 0.6 is 23.2 Å². The summed E-state index contributed by atoms with van der Waals surface area (Å²) in [6, 6.07) is 10.2. The number of rotatable bonds is 1. The molecule has 1 aliphatic rings. The van der Waals surface area contributed by atoms with E-state index in [0.717, 1.165) is 23.1 Å². The third-order valence-electron chi connectivity index (χ3n) is 3.77. The molecule has 0 spiro atoms. The Kier molecular flexibility index (Phi) is 3.05. The molecule has 0 saturated heterocycles. The predicted octanol–water partition coefficient (Wildman–Crippen LogP) is 4.28. The lowest BCUT2D eigenvalue weighted by molar-refractivity contribution is 0.535. The molecule has 2 aromatic rings. The number of halogens is 3. The highest BCUT2D eigenvalue weighted by Gasteiger charge is 2.38. The van der Waals surface area contributed by atoms with Crippen molar-refractivity contribution >= 4 is 23.2 Å². The molecule has 0 fully saturated rings. The standard InChI is InChI=1S/C15H12Cl2FN/c16-13-3-1-2-12(14(13)17)15(19)7-6-9-8-10(18)4-5-11(9)15/h1-5,8H,6-7,19H2. The zero-order chi connectivity index (χ0) is 13.6. The summed E-state index contributed by atoms with van der Waals surface area (Å²) in [5.74, 6) is -0.236. The van der Waals surface area contributed by atoms with Gasteiger partial charge < -0.3 is 5.73 Å². The SMILES string of the molecule is NC1(c2cccc(Cl)c2Cl)CCc2cc(F)ccc21. The molecule has 0 amide bonds. The van der Waals surface area contributed by atoms with Gasteiger partial charge in [0.15, 0.2) is 0 Å². The van der Waals surface area contributed by atoms with Crippen LogP contribution in [0.5, 0.6) is 0 Å². The number of hydrogen-bond donors (Lipinski definition) is 1. The van der Waals surface area contributed by atoms with Crippen molar-refractivity contribution in [3.63, 3.8) is 0 Å². The second-order valence-corrected chi connectivity index (χ2v) is 5.66. The summed E-state index contributed by atoms with van der Waals surface area (Å²) in [6.07, 6.45) is 1.44. The van der Waals surface area contributed by atoms with Gasteiger partial charge in [-0.05, 0) is 47.7 Å². The molecule has 98 valence electrons. The van der Waals surface area contributed by atoms with Crippen molar-refractivity contribution in [2.75, 3.05) is 0 Å². The molecule has 2 aromatic carbocycles. The average Bonchev–Trinajstić information content (AvgIpc) is 2.71. The Morgan fingerprint density at radius 3 is 2.68 bits per heavy atom. The molecule has 1 atom stereocenters. The molecular formula is C15H12Cl2FN. The Balaban J connectivity index is 2.19. The Morgan fingerprint density at radius 2 is 1.89 bits per heavy atom. The number of hydrogen-bond acceptors (Lipinski definition) is 1. The van der Waals surface area contributed by atoms with Gasteiger partial charge in [-0.25, -0.2) is 4.39 Å². The van der Waals surface area contributed by atoms with Crippen LogP contribution in [0.25, 0.3) is 0 Å². The van der Waals surface area contributed by atoms with E-state index in [0.29, 0.717) is 16.5 Å². The Morgan fingerprint density at radius 1 is 1.11 bits per heavy atom. The van der Waals surface area contributed by atoms with Crippen molar-refractivity contribution in [3.8, 4) is 0 Å². The lowest BCUT2D eigenvalue weighted by Gasteiger charge is -2.27. The minimum absolute atomic E-state index is 0.236.